The van der Waals surface area contributed by atoms with Crippen molar-refractivity contribution in [3.05, 3.63) is 41.9 Å². The Morgan fingerprint density at radius 3 is 2.46 bits per heavy atom. The van der Waals surface area contributed by atoms with Crippen molar-refractivity contribution in [1.82, 2.24) is 15.0 Å². The van der Waals surface area contributed by atoms with Gasteiger partial charge < -0.3 is 9.42 Å². The normalized spacial score (nSPS) is 14.9. The van der Waals surface area contributed by atoms with E-state index in [0.29, 0.717) is 5.56 Å². The van der Waals surface area contributed by atoms with Crippen LogP contribution in [0, 0.1) is 0 Å². The highest BCUT2D eigenvalue weighted by Gasteiger charge is 2.18. The predicted molar refractivity (Wildman–Crippen MR) is 94.4 cm³/mol. The van der Waals surface area contributed by atoms with Gasteiger partial charge in [-0.2, -0.15) is 0 Å². The molecule has 1 saturated heterocycles. The smallest absolute Gasteiger partial charge is 0.161 e. The topological polar surface area (TPSA) is 62.5 Å². The number of pyridine rings is 1. The fourth-order valence-electron chi connectivity index (χ4n) is 2.62. The first-order chi connectivity index (χ1) is 11.7. The van der Waals surface area contributed by atoms with Crippen molar-refractivity contribution < 1.29 is 9.32 Å². The summed E-state index contributed by atoms with van der Waals surface area (Å²) in [5.41, 5.74) is 1.67. The third kappa shape index (κ3) is 4.89. The predicted octanol–water partition coefficient (Wildman–Crippen LogP) is 2.66. The standard InChI is InChI=1S/C16H20N4O2.C2H6/c1-13(21)14-2-3-16(17-12-14)20-9-7-19(8-10-20)6-4-15-5-11-22-18-15;1-2/h2-3,5,11-12H,4,6-10H2,1H3;1-2H3. The lowest BCUT2D eigenvalue weighted by Crippen LogP contribution is -2.47. The number of Topliss-reactive ketones (excluding diaryl/α,β-unsaturated/α-hetero) is 1. The van der Waals surface area contributed by atoms with Crippen molar-refractivity contribution in [3.63, 3.8) is 0 Å². The maximum Gasteiger partial charge on any atom is 0.161 e. The van der Waals surface area contributed by atoms with Crippen molar-refractivity contribution >= 4 is 11.6 Å². The number of carbonyl (C=O) groups excluding carboxylic acids is 1. The Morgan fingerprint density at radius 2 is 1.92 bits per heavy atom. The number of piperazine rings is 1. The molecule has 0 aliphatic carbocycles. The summed E-state index contributed by atoms with van der Waals surface area (Å²) in [6, 6.07) is 5.69. The molecule has 0 amide bonds. The highest BCUT2D eigenvalue weighted by Crippen LogP contribution is 2.14. The fraction of sp³-hybridized carbons (Fsp3) is 0.500. The van der Waals surface area contributed by atoms with E-state index in [1.165, 1.54) is 0 Å². The second-order valence-electron chi connectivity index (χ2n) is 5.53. The van der Waals surface area contributed by atoms with E-state index >= 15 is 0 Å². The van der Waals surface area contributed by atoms with Crippen molar-refractivity contribution in [3.8, 4) is 0 Å². The number of rotatable bonds is 5. The summed E-state index contributed by atoms with van der Waals surface area (Å²) in [6.45, 7) is 10.5. The van der Waals surface area contributed by atoms with Crippen LogP contribution in [-0.2, 0) is 6.42 Å². The molecule has 0 bridgehead atoms. The molecule has 2 aromatic rings. The van der Waals surface area contributed by atoms with Gasteiger partial charge in [-0.25, -0.2) is 4.98 Å². The van der Waals surface area contributed by atoms with E-state index in [9.17, 15) is 4.79 Å². The summed E-state index contributed by atoms with van der Waals surface area (Å²) in [7, 11) is 0. The van der Waals surface area contributed by atoms with E-state index < -0.39 is 0 Å². The first-order valence-electron chi connectivity index (χ1n) is 8.56. The van der Waals surface area contributed by atoms with Crippen LogP contribution in [0.1, 0.15) is 36.8 Å². The largest absolute Gasteiger partial charge is 0.365 e. The third-order valence-corrected chi connectivity index (χ3v) is 4.03. The molecule has 0 N–H and O–H groups in total. The van der Waals surface area contributed by atoms with Crippen LogP contribution < -0.4 is 4.90 Å². The Morgan fingerprint density at radius 1 is 1.17 bits per heavy atom. The Labute approximate surface area is 143 Å². The average molecular weight is 330 g/mol. The van der Waals surface area contributed by atoms with Gasteiger partial charge in [-0.05, 0) is 19.1 Å². The van der Waals surface area contributed by atoms with Gasteiger partial charge in [0.2, 0.25) is 0 Å². The first-order valence-corrected chi connectivity index (χ1v) is 8.56. The lowest BCUT2D eigenvalue weighted by molar-refractivity contribution is 0.101. The SMILES string of the molecule is CC.CC(=O)c1ccc(N2CCN(CCc3ccon3)CC2)nc1. The van der Waals surface area contributed by atoms with E-state index in [1.54, 1.807) is 19.4 Å². The number of hydrogen-bond acceptors (Lipinski definition) is 6. The van der Waals surface area contributed by atoms with Crippen molar-refractivity contribution in [2.75, 3.05) is 37.6 Å². The molecule has 1 aliphatic rings. The van der Waals surface area contributed by atoms with Crippen LogP contribution in [-0.4, -0.2) is 53.5 Å². The van der Waals surface area contributed by atoms with Gasteiger partial charge in [0.1, 0.15) is 12.1 Å². The van der Waals surface area contributed by atoms with Gasteiger partial charge in [-0.3, -0.25) is 9.69 Å². The maximum atomic E-state index is 11.3. The Bertz CT molecular complexity index is 602. The molecule has 0 spiro atoms. The number of hydrogen-bond donors (Lipinski definition) is 0. The van der Waals surface area contributed by atoms with E-state index in [-0.39, 0.29) is 5.78 Å². The van der Waals surface area contributed by atoms with Crippen LogP contribution >= 0.6 is 0 Å². The molecule has 1 aliphatic heterocycles. The van der Waals surface area contributed by atoms with E-state index in [0.717, 1.165) is 50.7 Å². The number of aromatic nitrogens is 2. The summed E-state index contributed by atoms with van der Waals surface area (Å²) in [4.78, 5) is 20.4. The molecule has 3 rings (SSSR count). The van der Waals surface area contributed by atoms with Crippen LogP contribution in [0.5, 0.6) is 0 Å². The molecule has 0 aromatic carbocycles. The van der Waals surface area contributed by atoms with Crippen LogP contribution in [0.15, 0.2) is 35.2 Å². The van der Waals surface area contributed by atoms with Crippen molar-refractivity contribution in [2.24, 2.45) is 0 Å². The minimum Gasteiger partial charge on any atom is -0.365 e. The minimum absolute atomic E-state index is 0.0525. The summed E-state index contributed by atoms with van der Waals surface area (Å²) < 4.78 is 4.85. The monoisotopic (exact) mass is 330 g/mol. The lowest BCUT2D eigenvalue weighted by Gasteiger charge is -2.35. The van der Waals surface area contributed by atoms with E-state index in [4.69, 9.17) is 4.52 Å². The molecule has 3 heterocycles. The number of ketones is 1. The Hall–Kier alpha value is -2.21. The quantitative estimate of drug-likeness (QED) is 0.786. The summed E-state index contributed by atoms with van der Waals surface area (Å²) in [5.74, 6) is 0.998. The van der Waals surface area contributed by atoms with Gasteiger partial charge in [-0.1, -0.05) is 19.0 Å². The molecule has 0 atom stereocenters. The molecule has 0 radical (unpaired) electrons. The minimum atomic E-state index is 0.0525. The second kappa shape index (κ2) is 9.17. The lowest BCUT2D eigenvalue weighted by atomic mass is 10.2. The van der Waals surface area contributed by atoms with Crippen LogP contribution in [0.2, 0.25) is 0 Å². The van der Waals surface area contributed by atoms with Gasteiger partial charge in [0.15, 0.2) is 5.78 Å². The van der Waals surface area contributed by atoms with Gasteiger partial charge in [0.05, 0.1) is 5.69 Å². The zero-order valence-electron chi connectivity index (χ0n) is 14.7. The molecule has 0 saturated carbocycles. The fourth-order valence-corrected chi connectivity index (χ4v) is 2.62. The molecule has 0 unspecified atom stereocenters. The second-order valence-corrected chi connectivity index (χ2v) is 5.53. The molecule has 6 nitrogen and oxygen atoms in total. The third-order valence-electron chi connectivity index (χ3n) is 4.03. The van der Waals surface area contributed by atoms with Crippen LogP contribution in [0.3, 0.4) is 0 Å². The average Bonchev–Trinajstić information content (AvgIpc) is 3.16. The van der Waals surface area contributed by atoms with Gasteiger partial charge in [-0.15, -0.1) is 0 Å². The molecule has 6 heteroatoms. The zero-order chi connectivity index (χ0) is 17.4. The van der Waals surface area contributed by atoms with Crippen LogP contribution in [0.4, 0.5) is 5.82 Å². The molecule has 1 fully saturated rings. The highest BCUT2D eigenvalue weighted by molar-refractivity contribution is 5.93. The molecule has 2 aromatic heterocycles. The first kappa shape index (κ1) is 18.1. The van der Waals surface area contributed by atoms with Crippen LogP contribution in [0.25, 0.3) is 0 Å². The summed E-state index contributed by atoms with van der Waals surface area (Å²) in [6.07, 6.45) is 4.19. The van der Waals surface area contributed by atoms with E-state index in [1.807, 2.05) is 32.0 Å². The number of carbonyl (C=O) groups is 1. The molecular formula is C18H26N4O2. The summed E-state index contributed by atoms with van der Waals surface area (Å²) >= 11 is 0. The Kier molecular flexibility index (Phi) is 6.93. The van der Waals surface area contributed by atoms with Gasteiger partial charge in [0, 0.05) is 57.0 Å². The maximum absolute atomic E-state index is 11.3. The Balaban J connectivity index is 0.00000100. The molecule has 130 valence electrons. The number of nitrogens with zero attached hydrogens (tertiary/aromatic N) is 4. The number of anilines is 1. The van der Waals surface area contributed by atoms with E-state index in [2.05, 4.69) is 19.9 Å². The van der Waals surface area contributed by atoms with Gasteiger partial charge in [0.25, 0.3) is 0 Å². The highest BCUT2D eigenvalue weighted by atomic mass is 16.5. The van der Waals surface area contributed by atoms with Gasteiger partial charge >= 0.3 is 0 Å². The molecule has 24 heavy (non-hydrogen) atoms. The zero-order valence-corrected chi connectivity index (χ0v) is 14.7. The summed E-state index contributed by atoms with van der Waals surface area (Å²) in [5, 5.41) is 3.94. The van der Waals surface area contributed by atoms with Crippen molar-refractivity contribution in [2.45, 2.75) is 27.2 Å². The molecular weight excluding hydrogens is 304 g/mol. The van der Waals surface area contributed by atoms with Crippen molar-refractivity contribution in [1.29, 1.82) is 0 Å².